The zero-order valence-electron chi connectivity index (χ0n) is 18.2. The molecule has 0 spiro atoms. The molecule has 1 N–H and O–H groups in total. The molecule has 32 heavy (non-hydrogen) atoms. The number of aromatic nitrogens is 2. The van der Waals surface area contributed by atoms with Crippen LogP contribution in [0.2, 0.25) is 0 Å². The molecule has 1 aliphatic rings. The molecule has 1 aliphatic heterocycles. The van der Waals surface area contributed by atoms with Crippen LogP contribution < -0.4 is 10.9 Å². The van der Waals surface area contributed by atoms with Crippen molar-refractivity contribution < 1.29 is 9.53 Å². The van der Waals surface area contributed by atoms with Crippen molar-refractivity contribution in [1.29, 1.82) is 0 Å². The lowest BCUT2D eigenvalue weighted by atomic mass is 10.1. The number of carbonyl (C=O) groups excluding carboxylic acids is 1. The summed E-state index contributed by atoms with van der Waals surface area (Å²) < 4.78 is 7.20. The summed E-state index contributed by atoms with van der Waals surface area (Å²) in [6.45, 7) is 7.45. The maximum Gasteiger partial charge on any atom is 0.262 e. The van der Waals surface area contributed by atoms with Crippen molar-refractivity contribution in [3.8, 4) is 0 Å². The molecule has 1 saturated heterocycles. The molecule has 2 heterocycles. The van der Waals surface area contributed by atoms with E-state index in [1.165, 1.54) is 17.3 Å². The van der Waals surface area contributed by atoms with Gasteiger partial charge in [0.05, 0.1) is 17.0 Å². The van der Waals surface area contributed by atoms with Gasteiger partial charge in [0.1, 0.15) is 0 Å². The fraction of sp³-hybridized carbons (Fsp3) is 0.320. The molecular formula is C25H27N3O3S. The second kappa shape index (κ2) is 10.1. The van der Waals surface area contributed by atoms with Crippen molar-refractivity contribution in [2.45, 2.75) is 43.3 Å². The Morgan fingerprint density at radius 1 is 1.31 bits per heavy atom. The number of benzene rings is 2. The molecule has 166 valence electrons. The van der Waals surface area contributed by atoms with Crippen LogP contribution in [0.1, 0.15) is 34.3 Å². The third-order valence-electron chi connectivity index (χ3n) is 5.50. The van der Waals surface area contributed by atoms with Gasteiger partial charge in [-0.15, -0.1) is 6.58 Å². The van der Waals surface area contributed by atoms with E-state index in [0.717, 1.165) is 25.0 Å². The fourth-order valence-corrected chi connectivity index (χ4v) is 4.65. The summed E-state index contributed by atoms with van der Waals surface area (Å²) in [6.07, 6.45) is 3.76. The highest BCUT2D eigenvalue weighted by atomic mass is 32.2. The molecule has 1 amide bonds. The number of allylic oxidation sites excluding steroid dienone is 1. The van der Waals surface area contributed by atoms with Crippen LogP contribution in [0.25, 0.3) is 10.9 Å². The molecule has 1 fully saturated rings. The van der Waals surface area contributed by atoms with E-state index in [1.807, 2.05) is 0 Å². The van der Waals surface area contributed by atoms with E-state index in [4.69, 9.17) is 9.72 Å². The Hall–Kier alpha value is -2.90. The molecule has 1 unspecified atom stereocenters. The summed E-state index contributed by atoms with van der Waals surface area (Å²) in [5.41, 5.74) is 3.23. The molecule has 4 rings (SSSR count). The second-order valence-electron chi connectivity index (χ2n) is 7.95. The lowest BCUT2D eigenvalue weighted by Crippen LogP contribution is -2.31. The van der Waals surface area contributed by atoms with Crippen LogP contribution in [0.4, 0.5) is 0 Å². The van der Waals surface area contributed by atoms with Crippen LogP contribution in [0.5, 0.6) is 0 Å². The highest BCUT2D eigenvalue weighted by molar-refractivity contribution is 7.98. The van der Waals surface area contributed by atoms with E-state index in [2.05, 4.69) is 43.1 Å². The van der Waals surface area contributed by atoms with Gasteiger partial charge < -0.3 is 10.1 Å². The summed E-state index contributed by atoms with van der Waals surface area (Å²) in [7, 11) is 0. The van der Waals surface area contributed by atoms with Crippen LogP contribution in [0.3, 0.4) is 0 Å². The van der Waals surface area contributed by atoms with E-state index < -0.39 is 0 Å². The number of ether oxygens (including phenoxy) is 1. The number of aryl methyl sites for hydroxylation is 1. The van der Waals surface area contributed by atoms with Crippen LogP contribution in [0, 0.1) is 6.92 Å². The van der Waals surface area contributed by atoms with E-state index in [0.29, 0.717) is 40.5 Å². The minimum Gasteiger partial charge on any atom is -0.376 e. The summed E-state index contributed by atoms with van der Waals surface area (Å²) in [5, 5.41) is 4.02. The van der Waals surface area contributed by atoms with Crippen molar-refractivity contribution in [2.75, 3.05) is 13.2 Å². The monoisotopic (exact) mass is 449 g/mol. The van der Waals surface area contributed by atoms with E-state index in [-0.39, 0.29) is 17.6 Å². The zero-order chi connectivity index (χ0) is 22.5. The molecule has 6 nitrogen and oxygen atoms in total. The largest absolute Gasteiger partial charge is 0.376 e. The van der Waals surface area contributed by atoms with Gasteiger partial charge >= 0.3 is 0 Å². The molecule has 0 aliphatic carbocycles. The number of nitrogens with one attached hydrogen (secondary N) is 1. The first-order chi connectivity index (χ1) is 15.5. The van der Waals surface area contributed by atoms with Gasteiger partial charge in [0, 0.05) is 31.0 Å². The molecule has 7 heteroatoms. The summed E-state index contributed by atoms with van der Waals surface area (Å²) in [6, 6.07) is 13.3. The number of rotatable bonds is 8. The fourth-order valence-electron chi connectivity index (χ4n) is 3.69. The average Bonchev–Trinajstić information content (AvgIpc) is 3.32. The maximum atomic E-state index is 13.1. The lowest BCUT2D eigenvalue weighted by Gasteiger charge is -2.13. The first-order valence-corrected chi connectivity index (χ1v) is 11.8. The average molecular weight is 450 g/mol. The Bertz CT molecular complexity index is 1180. The van der Waals surface area contributed by atoms with Crippen molar-refractivity contribution in [3.63, 3.8) is 0 Å². The Morgan fingerprint density at radius 2 is 2.12 bits per heavy atom. The molecule has 1 aromatic heterocycles. The van der Waals surface area contributed by atoms with Gasteiger partial charge in [-0.2, -0.15) is 0 Å². The van der Waals surface area contributed by atoms with Gasteiger partial charge in [-0.3, -0.25) is 14.2 Å². The van der Waals surface area contributed by atoms with Crippen molar-refractivity contribution >= 4 is 28.6 Å². The SMILES string of the molecule is C=CCn1c(SCc2ccc(C)cc2)nc2cc(C(=O)NCC3CCCO3)ccc2c1=O. The van der Waals surface area contributed by atoms with Gasteiger partial charge in [0.25, 0.3) is 11.5 Å². The first kappa shape index (κ1) is 22.3. The predicted octanol–water partition coefficient (Wildman–Crippen LogP) is 4.09. The third kappa shape index (κ3) is 5.11. The minimum atomic E-state index is -0.187. The Morgan fingerprint density at radius 3 is 2.84 bits per heavy atom. The van der Waals surface area contributed by atoms with E-state index in [9.17, 15) is 9.59 Å². The number of fused-ring (bicyclic) bond motifs is 1. The lowest BCUT2D eigenvalue weighted by molar-refractivity contribution is 0.0858. The van der Waals surface area contributed by atoms with E-state index in [1.54, 1.807) is 28.8 Å². The molecule has 1 atom stereocenters. The number of carbonyl (C=O) groups is 1. The zero-order valence-corrected chi connectivity index (χ0v) is 19.0. The third-order valence-corrected chi connectivity index (χ3v) is 6.54. The second-order valence-corrected chi connectivity index (χ2v) is 8.89. The van der Waals surface area contributed by atoms with Crippen molar-refractivity contribution in [1.82, 2.24) is 14.9 Å². The van der Waals surface area contributed by atoms with Crippen molar-refractivity contribution in [2.24, 2.45) is 0 Å². The highest BCUT2D eigenvalue weighted by Gasteiger charge is 2.18. The number of nitrogens with zero attached hydrogens (tertiary/aromatic N) is 2. The van der Waals surface area contributed by atoms with Gasteiger partial charge in [-0.05, 0) is 43.5 Å². The van der Waals surface area contributed by atoms with Crippen LogP contribution in [0.15, 0.2) is 65.1 Å². The number of hydrogen-bond donors (Lipinski definition) is 1. The summed E-state index contributed by atoms with van der Waals surface area (Å²) in [4.78, 5) is 30.5. The van der Waals surface area contributed by atoms with Gasteiger partial charge in [0.15, 0.2) is 5.16 Å². The Balaban J connectivity index is 1.60. The quantitative estimate of drug-likeness (QED) is 0.319. The van der Waals surface area contributed by atoms with Gasteiger partial charge in [-0.25, -0.2) is 4.98 Å². The molecule has 0 radical (unpaired) electrons. The standard InChI is InChI=1S/C25H27N3O3S/c1-3-12-28-24(30)21-11-10-19(23(29)26-15-20-5-4-13-31-20)14-22(21)27-25(28)32-16-18-8-6-17(2)7-9-18/h3,6-11,14,20H,1,4-5,12-13,15-16H2,2H3,(H,26,29). The first-order valence-electron chi connectivity index (χ1n) is 10.8. The van der Waals surface area contributed by atoms with Crippen LogP contribution in [-0.4, -0.2) is 34.7 Å². The maximum absolute atomic E-state index is 13.1. The number of hydrogen-bond acceptors (Lipinski definition) is 5. The molecule has 0 bridgehead atoms. The summed E-state index contributed by atoms with van der Waals surface area (Å²) in [5.74, 6) is 0.505. The van der Waals surface area contributed by atoms with Crippen LogP contribution in [-0.2, 0) is 17.0 Å². The normalized spacial score (nSPS) is 15.7. The smallest absolute Gasteiger partial charge is 0.262 e. The Labute approximate surface area is 191 Å². The molecule has 2 aromatic carbocycles. The van der Waals surface area contributed by atoms with Gasteiger partial charge in [-0.1, -0.05) is 47.7 Å². The van der Waals surface area contributed by atoms with Gasteiger partial charge in [0.2, 0.25) is 0 Å². The molecule has 0 saturated carbocycles. The number of thioether (sulfide) groups is 1. The molecule has 3 aromatic rings. The minimum absolute atomic E-state index is 0.0772. The summed E-state index contributed by atoms with van der Waals surface area (Å²) >= 11 is 1.50. The number of amides is 1. The Kier molecular flexibility index (Phi) is 7.07. The predicted molar refractivity (Wildman–Crippen MR) is 128 cm³/mol. The van der Waals surface area contributed by atoms with E-state index >= 15 is 0 Å². The topological polar surface area (TPSA) is 73.2 Å². The van der Waals surface area contributed by atoms with Crippen LogP contribution >= 0.6 is 11.8 Å². The highest BCUT2D eigenvalue weighted by Crippen LogP contribution is 2.23. The molecular weight excluding hydrogens is 422 g/mol. The van der Waals surface area contributed by atoms with Crippen molar-refractivity contribution in [3.05, 3.63) is 82.2 Å².